The monoisotopic (exact) mass is 255 g/mol. The van der Waals surface area contributed by atoms with Gasteiger partial charge in [-0.05, 0) is 24.6 Å². The van der Waals surface area contributed by atoms with Gasteiger partial charge in [-0.2, -0.15) is 0 Å². The number of amides is 1. The second-order valence-electron chi connectivity index (χ2n) is 4.01. The lowest BCUT2D eigenvalue weighted by Crippen LogP contribution is -2.42. The molecule has 1 atom stereocenters. The van der Waals surface area contributed by atoms with Crippen LogP contribution in [0, 0.1) is 0 Å². The number of halogens is 1. The van der Waals surface area contributed by atoms with Gasteiger partial charge in [0.15, 0.2) is 0 Å². The Bertz CT molecular complexity index is 436. The van der Waals surface area contributed by atoms with E-state index >= 15 is 0 Å². The molecule has 1 saturated heterocycles. The molecule has 17 heavy (non-hydrogen) atoms. The smallest absolute Gasteiger partial charge is 0.227 e. The van der Waals surface area contributed by atoms with Crippen LogP contribution in [0.25, 0.3) is 0 Å². The predicted molar refractivity (Wildman–Crippen MR) is 65.6 cm³/mol. The molecule has 0 spiro atoms. The van der Waals surface area contributed by atoms with Gasteiger partial charge in [-0.3, -0.25) is 4.79 Å². The topological polar surface area (TPSA) is 49.8 Å². The highest BCUT2D eigenvalue weighted by molar-refractivity contribution is 6.31. The van der Waals surface area contributed by atoms with E-state index < -0.39 is 6.10 Å². The third-order valence-corrected chi connectivity index (χ3v) is 3.05. The second kappa shape index (κ2) is 4.94. The number of hydrogen-bond donors (Lipinski definition) is 1. The van der Waals surface area contributed by atoms with Crippen LogP contribution in [0.5, 0.6) is 5.75 Å². The first-order valence-electron chi connectivity index (χ1n) is 5.44. The Morgan fingerprint density at radius 2 is 2.29 bits per heavy atom. The molecule has 1 aromatic carbocycles. The summed E-state index contributed by atoms with van der Waals surface area (Å²) in [7, 11) is 1.54. The zero-order valence-corrected chi connectivity index (χ0v) is 10.3. The van der Waals surface area contributed by atoms with E-state index in [9.17, 15) is 9.90 Å². The number of hydrogen-bond acceptors (Lipinski definition) is 3. The fourth-order valence-corrected chi connectivity index (χ4v) is 2.10. The molecule has 0 bridgehead atoms. The van der Waals surface area contributed by atoms with Gasteiger partial charge in [0.2, 0.25) is 5.91 Å². The summed E-state index contributed by atoms with van der Waals surface area (Å²) in [5, 5.41) is 10.2. The van der Waals surface area contributed by atoms with Gasteiger partial charge in [-0.15, -0.1) is 0 Å². The lowest BCUT2D eigenvalue weighted by Gasteiger charge is -2.31. The molecular weight excluding hydrogens is 242 g/mol. The van der Waals surface area contributed by atoms with Crippen LogP contribution in [0.4, 0.5) is 5.69 Å². The zero-order valence-electron chi connectivity index (χ0n) is 9.52. The number of methoxy groups -OCH3 is 1. The van der Waals surface area contributed by atoms with Crippen LogP contribution < -0.4 is 9.64 Å². The summed E-state index contributed by atoms with van der Waals surface area (Å²) in [6, 6.07) is 5.09. The van der Waals surface area contributed by atoms with Gasteiger partial charge in [-0.25, -0.2) is 0 Å². The van der Waals surface area contributed by atoms with Crippen LogP contribution in [-0.4, -0.2) is 30.8 Å². The standard InChI is InChI=1S/C12H14ClNO3/c1-17-11-4-2-8(13)6-10(11)14-7-9(15)3-5-12(14)16/h2,4,6,9,15H,3,5,7H2,1H3. The van der Waals surface area contributed by atoms with E-state index in [1.807, 2.05) is 0 Å². The van der Waals surface area contributed by atoms with Crippen LogP contribution in [0.2, 0.25) is 5.02 Å². The van der Waals surface area contributed by atoms with Gasteiger partial charge in [0.1, 0.15) is 5.75 Å². The average molecular weight is 256 g/mol. The number of benzene rings is 1. The molecule has 0 saturated carbocycles. The summed E-state index contributed by atoms with van der Waals surface area (Å²) < 4.78 is 5.20. The van der Waals surface area contributed by atoms with Crippen LogP contribution in [0.1, 0.15) is 12.8 Å². The largest absolute Gasteiger partial charge is 0.495 e. The van der Waals surface area contributed by atoms with E-state index in [-0.39, 0.29) is 12.5 Å². The Hall–Kier alpha value is -1.26. The van der Waals surface area contributed by atoms with Crippen molar-refractivity contribution in [1.82, 2.24) is 0 Å². The van der Waals surface area contributed by atoms with Crippen molar-refractivity contribution in [2.24, 2.45) is 0 Å². The van der Waals surface area contributed by atoms with E-state index in [0.717, 1.165) is 0 Å². The van der Waals surface area contributed by atoms with Crippen molar-refractivity contribution in [2.45, 2.75) is 18.9 Å². The molecule has 4 nitrogen and oxygen atoms in total. The van der Waals surface area contributed by atoms with Crippen molar-refractivity contribution in [3.63, 3.8) is 0 Å². The van der Waals surface area contributed by atoms with Gasteiger partial charge in [0.25, 0.3) is 0 Å². The van der Waals surface area contributed by atoms with Crippen molar-refractivity contribution in [1.29, 1.82) is 0 Å². The van der Waals surface area contributed by atoms with Gasteiger partial charge < -0.3 is 14.7 Å². The molecule has 92 valence electrons. The molecule has 1 heterocycles. The molecule has 0 aromatic heterocycles. The highest BCUT2D eigenvalue weighted by Crippen LogP contribution is 2.33. The fraction of sp³-hybridized carbons (Fsp3) is 0.417. The number of carbonyl (C=O) groups is 1. The first-order valence-corrected chi connectivity index (χ1v) is 5.81. The molecule has 1 aliphatic heterocycles. The number of anilines is 1. The van der Waals surface area contributed by atoms with Crippen LogP contribution in [0.3, 0.4) is 0 Å². The number of ether oxygens (including phenoxy) is 1. The van der Waals surface area contributed by atoms with E-state index in [4.69, 9.17) is 16.3 Å². The Morgan fingerprint density at radius 1 is 1.53 bits per heavy atom. The number of nitrogens with zero attached hydrogens (tertiary/aromatic N) is 1. The summed E-state index contributed by atoms with van der Waals surface area (Å²) in [4.78, 5) is 13.4. The molecule has 1 amide bonds. The zero-order chi connectivity index (χ0) is 12.4. The molecule has 2 rings (SSSR count). The average Bonchev–Trinajstić information content (AvgIpc) is 2.32. The molecule has 1 unspecified atom stereocenters. The molecule has 0 radical (unpaired) electrons. The maximum atomic E-state index is 11.8. The normalized spacial score (nSPS) is 20.5. The minimum absolute atomic E-state index is 0.0177. The van der Waals surface area contributed by atoms with E-state index in [1.165, 1.54) is 12.0 Å². The van der Waals surface area contributed by atoms with Crippen LogP contribution >= 0.6 is 11.6 Å². The van der Waals surface area contributed by atoms with Crippen molar-refractivity contribution >= 4 is 23.2 Å². The molecular formula is C12H14ClNO3. The lowest BCUT2D eigenvalue weighted by atomic mass is 10.1. The van der Waals surface area contributed by atoms with Gasteiger partial charge in [0.05, 0.1) is 25.4 Å². The highest BCUT2D eigenvalue weighted by atomic mass is 35.5. The second-order valence-corrected chi connectivity index (χ2v) is 4.45. The number of aliphatic hydroxyl groups excluding tert-OH is 1. The lowest BCUT2D eigenvalue weighted by molar-refractivity contribution is -0.121. The molecule has 1 aliphatic rings. The molecule has 1 aromatic rings. The Labute approximate surface area is 105 Å². The van der Waals surface area contributed by atoms with Crippen molar-refractivity contribution < 1.29 is 14.6 Å². The maximum Gasteiger partial charge on any atom is 0.227 e. The number of rotatable bonds is 2. The van der Waals surface area contributed by atoms with Crippen LogP contribution in [-0.2, 0) is 4.79 Å². The minimum atomic E-state index is -0.489. The SMILES string of the molecule is COc1ccc(Cl)cc1N1CC(O)CCC1=O. The number of β-amino-alcohol motifs (C(OH)–C–C–N with tert-alkyl or cyclic N) is 1. The summed E-state index contributed by atoms with van der Waals surface area (Å²) in [5.41, 5.74) is 0.615. The summed E-state index contributed by atoms with van der Waals surface area (Å²) in [5.74, 6) is 0.563. The van der Waals surface area contributed by atoms with E-state index in [2.05, 4.69) is 0 Å². The molecule has 5 heteroatoms. The Kier molecular flexibility index (Phi) is 3.54. The first kappa shape index (κ1) is 12.2. The third kappa shape index (κ3) is 2.53. The van der Waals surface area contributed by atoms with Crippen molar-refractivity contribution in [3.05, 3.63) is 23.2 Å². The summed E-state index contributed by atoms with van der Waals surface area (Å²) in [6.45, 7) is 0.287. The fourth-order valence-electron chi connectivity index (χ4n) is 1.94. The quantitative estimate of drug-likeness (QED) is 0.877. The Morgan fingerprint density at radius 3 is 3.00 bits per heavy atom. The summed E-state index contributed by atoms with van der Waals surface area (Å²) >= 11 is 5.92. The highest BCUT2D eigenvalue weighted by Gasteiger charge is 2.27. The van der Waals surface area contributed by atoms with Gasteiger partial charge in [0, 0.05) is 11.4 Å². The molecule has 1 N–H and O–H groups in total. The third-order valence-electron chi connectivity index (χ3n) is 2.82. The molecule has 1 fully saturated rings. The molecule has 0 aliphatic carbocycles. The first-order chi connectivity index (χ1) is 8.11. The van der Waals surface area contributed by atoms with Gasteiger partial charge in [-0.1, -0.05) is 11.6 Å². The summed E-state index contributed by atoms with van der Waals surface area (Å²) in [6.07, 6.45) is 0.367. The number of carbonyl (C=O) groups excluding carboxylic acids is 1. The maximum absolute atomic E-state index is 11.8. The number of aliphatic hydroxyl groups is 1. The Balaban J connectivity index is 2.37. The van der Waals surface area contributed by atoms with E-state index in [0.29, 0.717) is 29.3 Å². The predicted octanol–water partition coefficient (Wildman–Crippen LogP) is 1.84. The van der Waals surface area contributed by atoms with Crippen molar-refractivity contribution in [3.8, 4) is 5.75 Å². The van der Waals surface area contributed by atoms with Gasteiger partial charge >= 0.3 is 0 Å². The van der Waals surface area contributed by atoms with Crippen molar-refractivity contribution in [2.75, 3.05) is 18.6 Å². The van der Waals surface area contributed by atoms with E-state index in [1.54, 1.807) is 18.2 Å². The number of piperidine rings is 1. The minimum Gasteiger partial charge on any atom is -0.495 e. The van der Waals surface area contributed by atoms with Crippen LogP contribution in [0.15, 0.2) is 18.2 Å².